The average Bonchev–Trinajstić information content (AvgIpc) is 3.28. The molecule has 0 amide bonds. The molecule has 0 saturated heterocycles. The van der Waals surface area contributed by atoms with Crippen LogP contribution >= 0.6 is 0 Å². The van der Waals surface area contributed by atoms with Gasteiger partial charge in [0.15, 0.2) is 0 Å². The molecule has 0 aliphatic heterocycles. The maximum Gasteiger partial charge on any atom is 0.307 e. The Kier molecular flexibility index (Phi) is 3.67. The number of aliphatic carboxylic acids is 1. The maximum absolute atomic E-state index is 11.0. The zero-order valence-electron chi connectivity index (χ0n) is 14.2. The second-order valence-corrected chi connectivity index (χ2v) is 6.69. The third-order valence-corrected chi connectivity index (χ3v) is 4.78. The van der Waals surface area contributed by atoms with Crippen molar-refractivity contribution >= 4 is 17.4 Å². The summed E-state index contributed by atoms with van der Waals surface area (Å²) in [7, 11) is 0. The number of hydrogen-bond acceptors (Lipinski definition) is 4. The number of carboxylic acids is 1. The van der Waals surface area contributed by atoms with Crippen LogP contribution in [0.25, 0.3) is 5.78 Å². The number of aryl methyl sites for hydroxylation is 2. The van der Waals surface area contributed by atoms with E-state index in [0.29, 0.717) is 6.54 Å². The van der Waals surface area contributed by atoms with Crippen molar-refractivity contribution in [1.82, 2.24) is 14.4 Å². The number of imidazole rings is 1. The average molecular weight is 336 g/mol. The van der Waals surface area contributed by atoms with Crippen molar-refractivity contribution in [2.45, 2.75) is 32.7 Å². The van der Waals surface area contributed by atoms with E-state index in [1.54, 1.807) is 0 Å². The molecule has 0 bridgehead atoms. The number of nitrogens with zero attached hydrogens (tertiary/aromatic N) is 3. The van der Waals surface area contributed by atoms with Crippen LogP contribution in [0.2, 0.25) is 0 Å². The molecule has 6 heteroatoms. The van der Waals surface area contributed by atoms with Gasteiger partial charge in [0.05, 0.1) is 24.4 Å². The van der Waals surface area contributed by atoms with Crippen molar-refractivity contribution < 1.29 is 9.90 Å². The Morgan fingerprint density at radius 1 is 1.32 bits per heavy atom. The minimum atomic E-state index is -0.695. The summed E-state index contributed by atoms with van der Waals surface area (Å²) in [4.78, 5) is 19.8. The third-order valence-electron chi connectivity index (χ3n) is 4.78. The van der Waals surface area contributed by atoms with Crippen LogP contribution in [0.1, 0.15) is 35.0 Å². The Balaban J connectivity index is 1.46. The van der Waals surface area contributed by atoms with E-state index in [4.69, 9.17) is 5.11 Å². The summed E-state index contributed by atoms with van der Waals surface area (Å²) in [5.74, 6) is -0.0182. The van der Waals surface area contributed by atoms with E-state index in [0.717, 1.165) is 40.5 Å². The van der Waals surface area contributed by atoms with E-state index >= 15 is 0 Å². The summed E-state index contributed by atoms with van der Waals surface area (Å²) in [6.07, 6.45) is 2.59. The standard InChI is InChI=1S/C19H20N4O2/c1-11-7-12(2)23-15(10-21-19(23)22-11)9-20-14-5-3-13(4-6-14)16-8-17(16)18(24)25/h3-7,10,16-17,20H,8-9H2,1-2H3,(H,24,25)/t16-,17+/m0/s1. The molecule has 25 heavy (non-hydrogen) atoms. The van der Waals surface area contributed by atoms with Crippen molar-refractivity contribution in [2.75, 3.05) is 5.32 Å². The molecular formula is C19H20N4O2. The molecule has 2 heterocycles. The van der Waals surface area contributed by atoms with Crippen molar-refractivity contribution in [1.29, 1.82) is 0 Å². The van der Waals surface area contributed by atoms with Gasteiger partial charge in [0.1, 0.15) is 0 Å². The lowest BCUT2D eigenvalue weighted by Crippen LogP contribution is -2.05. The molecular weight excluding hydrogens is 316 g/mol. The number of carboxylic acid groups (broad SMARTS) is 1. The van der Waals surface area contributed by atoms with Crippen molar-refractivity contribution in [3.05, 3.63) is 59.2 Å². The number of carbonyl (C=O) groups is 1. The fraction of sp³-hybridized carbons (Fsp3) is 0.316. The monoisotopic (exact) mass is 336 g/mol. The normalized spacial score (nSPS) is 19.1. The molecule has 4 rings (SSSR count). The van der Waals surface area contributed by atoms with E-state index in [1.807, 2.05) is 43.5 Å². The van der Waals surface area contributed by atoms with Gasteiger partial charge in [-0.2, -0.15) is 0 Å². The SMILES string of the molecule is Cc1cc(C)n2c(CNc3ccc([C@@H]4C[C@H]4C(=O)O)cc3)cnc2n1. The Bertz CT molecular complexity index is 946. The fourth-order valence-corrected chi connectivity index (χ4v) is 3.40. The van der Waals surface area contributed by atoms with E-state index in [1.165, 1.54) is 0 Å². The fourth-order valence-electron chi connectivity index (χ4n) is 3.40. The van der Waals surface area contributed by atoms with Gasteiger partial charge in [-0.1, -0.05) is 12.1 Å². The van der Waals surface area contributed by atoms with Crippen molar-refractivity contribution in [2.24, 2.45) is 5.92 Å². The minimum absolute atomic E-state index is 0.169. The number of rotatable bonds is 5. The van der Waals surface area contributed by atoms with Gasteiger partial charge >= 0.3 is 5.97 Å². The summed E-state index contributed by atoms with van der Waals surface area (Å²) >= 11 is 0. The first-order valence-corrected chi connectivity index (χ1v) is 8.40. The van der Waals surface area contributed by atoms with Crippen molar-refractivity contribution in [3.8, 4) is 0 Å². The molecule has 2 atom stereocenters. The molecule has 1 aliphatic rings. The van der Waals surface area contributed by atoms with Crippen LogP contribution in [0.15, 0.2) is 36.5 Å². The Morgan fingerprint density at radius 3 is 2.76 bits per heavy atom. The molecule has 3 aromatic rings. The lowest BCUT2D eigenvalue weighted by atomic mass is 10.1. The van der Waals surface area contributed by atoms with Crippen molar-refractivity contribution in [3.63, 3.8) is 0 Å². The highest BCUT2D eigenvalue weighted by Gasteiger charge is 2.43. The molecule has 0 radical (unpaired) electrons. The van der Waals surface area contributed by atoms with Gasteiger partial charge in [-0.3, -0.25) is 9.20 Å². The summed E-state index contributed by atoms with van der Waals surface area (Å²) in [6.45, 7) is 4.67. The summed E-state index contributed by atoms with van der Waals surface area (Å²) in [5, 5.41) is 12.4. The third kappa shape index (κ3) is 2.95. The predicted molar refractivity (Wildman–Crippen MR) is 94.7 cm³/mol. The topological polar surface area (TPSA) is 79.5 Å². The molecule has 1 fully saturated rings. The second kappa shape index (κ2) is 5.88. The number of fused-ring (bicyclic) bond motifs is 1. The molecule has 1 aliphatic carbocycles. The van der Waals surface area contributed by atoms with Gasteiger partial charge in [0.2, 0.25) is 5.78 Å². The zero-order valence-corrected chi connectivity index (χ0v) is 14.2. The molecule has 1 aromatic carbocycles. The number of nitrogens with one attached hydrogen (secondary N) is 1. The molecule has 6 nitrogen and oxygen atoms in total. The van der Waals surface area contributed by atoms with Gasteiger partial charge in [0, 0.05) is 17.1 Å². The predicted octanol–water partition coefficient (Wildman–Crippen LogP) is 3.15. The highest BCUT2D eigenvalue weighted by atomic mass is 16.4. The van der Waals surface area contributed by atoms with Gasteiger partial charge in [-0.25, -0.2) is 9.97 Å². The molecule has 128 valence electrons. The van der Waals surface area contributed by atoms with E-state index in [2.05, 4.69) is 26.6 Å². The first-order chi connectivity index (χ1) is 12.0. The van der Waals surface area contributed by atoms with Crippen LogP contribution in [0, 0.1) is 19.8 Å². The van der Waals surface area contributed by atoms with Crippen LogP contribution in [-0.2, 0) is 11.3 Å². The first-order valence-electron chi connectivity index (χ1n) is 8.40. The molecule has 2 aromatic heterocycles. The molecule has 1 saturated carbocycles. The van der Waals surface area contributed by atoms with Crippen LogP contribution < -0.4 is 5.32 Å². The van der Waals surface area contributed by atoms with E-state index in [-0.39, 0.29) is 11.8 Å². The lowest BCUT2D eigenvalue weighted by Gasteiger charge is -2.09. The first kappa shape index (κ1) is 15.6. The second-order valence-electron chi connectivity index (χ2n) is 6.69. The van der Waals surface area contributed by atoms with Gasteiger partial charge < -0.3 is 10.4 Å². The minimum Gasteiger partial charge on any atom is -0.481 e. The van der Waals surface area contributed by atoms with Crippen LogP contribution in [0.4, 0.5) is 5.69 Å². The Hall–Kier alpha value is -2.89. The van der Waals surface area contributed by atoms with Gasteiger partial charge in [-0.15, -0.1) is 0 Å². The van der Waals surface area contributed by atoms with Gasteiger partial charge in [0.25, 0.3) is 0 Å². The maximum atomic E-state index is 11.0. The summed E-state index contributed by atoms with van der Waals surface area (Å²) < 4.78 is 2.05. The smallest absolute Gasteiger partial charge is 0.307 e. The molecule has 0 unspecified atom stereocenters. The zero-order chi connectivity index (χ0) is 17.6. The number of benzene rings is 1. The summed E-state index contributed by atoms with van der Waals surface area (Å²) in [6, 6.07) is 10.1. The number of anilines is 1. The highest BCUT2D eigenvalue weighted by molar-refractivity contribution is 5.75. The van der Waals surface area contributed by atoms with Crippen LogP contribution in [0.5, 0.6) is 0 Å². The van der Waals surface area contributed by atoms with E-state index < -0.39 is 5.97 Å². The highest BCUT2D eigenvalue weighted by Crippen LogP contribution is 2.47. The Morgan fingerprint density at radius 2 is 2.08 bits per heavy atom. The largest absolute Gasteiger partial charge is 0.481 e. The quantitative estimate of drug-likeness (QED) is 0.748. The Labute approximate surface area is 145 Å². The van der Waals surface area contributed by atoms with Gasteiger partial charge in [-0.05, 0) is 49.9 Å². The summed E-state index contributed by atoms with van der Waals surface area (Å²) in [5.41, 5.74) is 5.23. The van der Waals surface area contributed by atoms with Crippen LogP contribution in [0.3, 0.4) is 0 Å². The van der Waals surface area contributed by atoms with E-state index in [9.17, 15) is 4.79 Å². The van der Waals surface area contributed by atoms with Crippen LogP contribution in [-0.4, -0.2) is 25.4 Å². The molecule has 0 spiro atoms. The lowest BCUT2D eigenvalue weighted by molar-refractivity contribution is -0.138. The number of hydrogen-bond donors (Lipinski definition) is 2. The molecule has 2 N–H and O–H groups in total. The number of aromatic nitrogens is 3.